The van der Waals surface area contributed by atoms with Gasteiger partial charge in [0.1, 0.15) is 19.0 Å². The number of fused-ring (bicyclic) bond motifs is 2. The lowest BCUT2D eigenvalue weighted by Crippen LogP contribution is -2.31. The minimum atomic E-state index is -0.0156. The van der Waals surface area contributed by atoms with Crippen molar-refractivity contribution in [1.82, 2.24) is 9.97 Å². The molecule has 7 nitrogen and oxygen atoms in total. The number of aromatic amines is 1. The number of rotatable bonds is 7. The van der Waals surface area contributed by atoms with Crippen LogP contribution in [0.15, 0.2) is 59.1 Å². The van der Waals surface area contributed by atoms with Crippen LogP contribution in [-0.4, -0.2) is 42.0 Å². The van der Waals surface area contributed by atoms with Gasteiger partial charge < -0.3 is 24.1 Å². The van der Waals surface area contributed by atoms with Crippen LogP contribution < -0.4 is 19.1 Å². The number of benzene rings is 2. The van der Waals surface area contributed by atoms with Gasteiger partial charge in [-0.25, -0.2) is 4.98 Å². The Morgan fingerprint density at radius 1 is 1.19 bits per heavy atom. The van der Waals surface area contributed by atoms with Gasteiger partial charge in [0.25, 0.3) is 0 Å². The number of aromatic nitrogens is 2. The van der Waals surface area contributed by atoms with Crippen LogP contribution in [0.5, 0.6) is 17.2 Å². The second-order valence-corrected chi connectivity index (χ2v) is 9.10. The van der Waals surface area contributed by atoms with E-state index in [1.54, 1.807) is 23.3 Å². The van der Waals surface area contributed by atoms with E-state index in [1.165, 1.54) is 11.8 Å². The summed E-state index contributed by atoms with van der Waals surface area (Å²) in [5.41, 5.74) is 2.49. The number of hydrogen-bond acceptors (Lipinski definition) is 7. The van der Waals surface area contributed by atoms with Crippen LogP contribution in [0.3, 0.4) is 0 Å². The van der Waals surface area contributed by atoms with Gasteiger partial charge in [-0.2, -0.15) is 0 Å². The first-order valence-electron chi connectivity index (χ1n) is 10.1. The van der Waals surface area contributed by atoms with E-state index in [2.05, 4.69) is 9.97 Å². The first kappa shape index (κ1) is 20.7. The van der Waals surface area contributed by atoms with Gasteiger partial charge in [-0.1, -0.05) is 17.8 Å². The zero-order valence-electron chi connectivity index (χ0n) is 17.4. The summed E-state index contributed by atoms with van der Waals surface area (Å²) in [5.74, 6) is 2.36. The highest BCUT2D eigenvalue weighted by Crippen LogP contribution is 2.35. The molecule has 0 spiro atoms. The number of H-pyrrole nitrogens is 1. The van der Waals surface area contributed by atoms with Gasteiger partial charge in [-0.05, 0) is 35.7 Å². The number of thioether (sulfide) groups is 1. The zero-order valence-corrected chi connectivity index (χ0v) is 19.0. The van der Waals surface area contributed by atoms with Crippen LogP contribution in [0, 0.1) is 0 Å². The average molecular weight is 468 g/mol. The van der Waals surface area contributed by atoms with Crippen molar-refractivity contribution in [1.29, 1.82) is 0 Å². The topological polar surface area (TPSA) is 76.7 Å². The van der Waals surface area contributed by atoms with E-state index in [4.69, 9.17) is 14.2 Å². The molecule has 1 amide bonds. The summed E-state index contributed by atoms with van der Waals surface area (Å²) in [7, 11) is 1.63. The predicted molar refractivity (Wildman–Crippen MR) is 126 cm³/mol. The van der Waals surface area contributed by atoms with Crippen molar-refractivity contribution in [3.63, 3.8) is 0 Å². The number of anilines is 1. The molecule has 4 aromatic rings. The molecule has 3 heterocycles. The molecule has 1 aliphatic heterocycles. The lowest BCUT2D eigenvalue weighted by molar-refractivity contribution is -0.116. The van der Waals surface area contributed by atoms with Gasteiger partial charge in [0.2, 0.25) is 5.91 Å². The van der Waals surface area contributed by atoms with E-state index in [1.807, 2.05) is 53.9 Å². The molecule has 0 atom stereocenters. The Morgan fingerprint density at radius 2 is 2.06 bits per heavy atom. The molecule has 2 aromatic heterocycles. The number of amides is 1. The van der Waals surface area contributed by atoms with Crippen molar-refractivity contribution < 1.29 is 19.0 Å². The number of thiophene rings is 1. The van der Waals surface area contributed by atoms with Gasteiger partial charge in [0, 0.05) is 22.7 Å². The third kappa shape index (κ3) is 4.39. The zero-order chi connectivity index (χ0) is 21.9. The maximum atomic E-state index is 13.3. The first-order valence-corrected chi connectivity index (χ1v) is 11.9. The molecule has 0 radical (unpaired) electrons. The van der Waals surface area contributed by atoms with Crippen molar-refractivity contribution in [2.24, 2.45) is 0 Å². The minimum Gasteiger partial charge on any atom is -0.497 e. The van der Waals surface area contributed by atoms with Crippen LogP contribution in [-0.2, 0) is 11.3 Å². The summed E-state index contributed by atoms with van der Waals surface area (Å²) in [4.78, 5) is 24.0. The first-order chi connectivity index (χ1) is 15.7. The molecule has 0 fully saturated rings. The van der Waals surface area contributed by atoms with Crippen LogP contribution in [0.2, 0.25) is 0 Å². The molecule has 9 heteroatoms. The Labute approximate surface area is 193 Å². The smallest absolute Gasteiger partial charge is 0.237 e. The lowest BCUT2D eigenvalue weighted by Gasteiger charge is -2.25. The molecule has 32 heavy (non-hydrogen) atoms. The van der Waals surface area contributed by atoms with Gasteiger partial charge in [-0.3, -0.25) is 4.79 Å². The van der Waals surface area contributed by atoms with Gasteiger partial charge in [0.15, 0.2) is 16.7 Å². The molecular weight excluding hydrogens is 446 g/mol. The predicted octanol–water partition coefficient (Wildman–Crippen LogP) is 4.73. The van der Waals surface area contributed by atoms with E-state index in [0.717, 1.165) is 27.3 Å². The minimum absolute atomic E-state index is 0.0156. The summed E-state index contributed by atoms with van der Waals surface area (Å²) in [6.07, 6.45) is 0. The van der Waals surface area contributed by atoms with Crippen molar-refractivity contribution >= 4 is 45.7 Å². The van der Waals surface area contributed by atoms with Crippen molar-refractivity contribution in [3.05, 3.63) is 58.8 Å². The van der Waals surface area contributed by atoms with Crippen molar-refractivity contribution in [2.75, 3.05) is 31.0 Å². The highest BCUT2D eigenvalue weighted by molar-refractivity contribution is 7.99. The molecule has 0 unspecified atom stereocenters. The summed E-state index contributed by atoms with van der Waals surface area (Å²) in [6.45, 7) is 1.53. The molecule has 0 saturated carbocycles. The van der Waals surface area contributed by atoms with Crippen LogP contribution in [0.4, 0.5) is 5.69 Å². The number of methoxy groups -OCH3 is 1. The number of hydrogen-bond donors (Lipinski definition) is 1. The largest absolute Gasteiger partial charge is 0.497 e. The van der Waals surface area contributed by atoms with E-state index < -0.39 is 0 Å². The fourth-order valence-corrected chi connectivity index (χ4v) is 4.90. The SMILES string of the molecule is COc1ccc2nc(SCC(=O)N(Cc3cccs3)c3ccc4c(c3)OCCO4)[nH]c2c1. The van der Waals surface area contributed by atoms with Gasteiger partial charge in [-0.15, -0.1) is 11.3 Å². The van der Waals surface area contributed by atoms with Gasteiger partial charge in [0.05, 0.1) is 30.4 Å². The molecule has 164 valence electrons. The van der Waals surface area contributed by atoms with Crippen LogP contribution in [0.1, 0.15) is 4.88 Å². The Balaban J connectivity index is 1.36. The Kier molecular flexibility index (Phi) is 5.91. The van der Waals surface area contributed by atoms with Gasteiger partial charge >= 0.3 is 0 Å². The van der Waals surface area contributed by atoms with E-state index >= 15 is 0 Å². The molecular formula is C23H21N3O4S2. The summed E-state index contributed by atoms with van der Waals surface area (Å²) in [5, 5.41) is 2.71. The third-order valence-electron chi connectivity index (χ3n) is 5.03. The number of carbonyl (C=O) groups is 1. The molecule has 1 aliphatic rings. The Morgan fingerprint density at radius 3 is 2.88 bits per heavy atom. The summed E-state index contributed by atoms with van der Waals surface area (Å²) in [6, 6.07) is 15.3. The lowest BCUT2D eigenvalue weighted by atomic mass is 10.2. The molecule has 0 aliphatic carbocycles. The molecule has 0 bridgehead atoms. The Hall–Kier alpha value is -3.17. The standard InChI is InChI=1S/C23H21N3O4S2/c1-28-16-5-6-18-19(12-16)25-23(24-18)32-14-22(27)26(13-17-3-2-10-31-17)15-4-7-20-21(11-15)30-9-8-29-20/h2-7,10-12H,8-9,13-14H2,1H3,(H,24,25). The van der Waals surface area contributed by atoms with Crippen molar-refractivity contribution in [3.8, 4) is 17.2 Å². The third-order valence-corrected chi connectivity index (χ3v) is 6.75. The summed E-state index contributed by atoms with van der Waals surface area (Å²) < 4.78 is 16.6. The Bertz CT molecular complexity index is 1240. The molecule has 1 N–H and O–H groups in total. The number of ether oxygens (including phenoxy) is 3. The fraction of sp³-hybridized carbons (Fsp3) is 0.217. The normalized spacial score (nSPS) is 12.7. The number of nitrogens with one attached hydrogen (secondary N) is 1. The second kappa shape index (κ2) is 9.13. The highest BCUT2D eigenvalue weighted by atomic mass is 32.2. The quantitative estimate of drug-likeness (QED) is 0.396. The number of imidazole rings is 1. The molecule has 0 saturated heterocycles. The van der Waals surface area contributed by atoms with Crippen LogP contribution in [0.25, 0.3) is 11.0 Å². The molecule has 2 aromatic carbocycles. The van der Waals surface area contributed by atoms with E-state index in [0.29, 0.717) is 36.4 Å². The monoisotopic (exact) mass is 467 g/mol. The van der Waals surface area contributed by atoms with E-state index in [9.17, 15) is 4.79 Å². The number of carbonyl (C=O) groups excluding carboxylic acids is 1. The second-order valence-electron chi connectivity index (χ2n) is 7.10. The maximum Gasteiger partial charge on any atom is 0.237 e. The average Bonchev–Trinajstić information content (AvgIpc) is 3.49. The van der Waals surface area contributed by atoms with Crippen molar-refractivity contribution in [2.45, 2.75) is 11.7 Å². The van der Waals surface area contributed by atoms with Crippen LogP contribution >= 0.6 is 23.1 Å². The van der Waals surface area contributed by atoms with E-state index in [-0.39, 0.29) is 11.7 Å². The molecule has 5 rings (SSSR count). The number of nitrogens with zero attached hydrogens (tertiary/aromatic N) is 2. The fourth-order valence-electron chi connectivity index (χ4n) is 3.45. The maximum absolute atomic E-state index is 13.3. The highest BCUT2D eigenvalue weighted by Gasteiger charge is 2.21. The summed E-state index contributed by atoms with van der Waals surface area (Å²) >= 11 is 3.01.